The van der Waals surface area contributed by atoms with Crippen molar-refractivity contribution in [3.05, 3.63) is 106 Å². The molecule has 178 valence electrons. The lowest BCUT2D eigenvalue weighted by atomic mass is 9.96. The van der Waals surface area contributed by atoms with Crippen LogP contribution in [0.4, 0.5) is 5.13 Å². The molecule has 5 nitrogen and oxygen atoms in total. The number of piperazine rings is 1. The first-order valence-electron chi connectivity index (χ1n) is 11.7. The van der Waals surface area contributed by atoms with Crippen LogP contribution in [0.2, 0.25) is 0 Å². The smallest absolute Gasteiger partial charge is 0.240 e. The van der Waals surface area contributed by atoms with Crippen LogP contribution < -0.4 is 5.32 Å². The van der Waals surface area contributed by atoms with Crippen LogP contribution in [0.3, 0.4) is 0 Å². The number of nitrogens with zero attached hydrogens (tertiary/aromatic N) is 3. The van der Waals surface area contributed by atoms with Crippen molar-refractivity contribution in [2.24, 2.45) is 0 Å². The van der Waals surface area contributed by atoms with Crippen molar-refractivity contribution in [2.75, 3.05) is 38.0 Å². The van der Waals surface area contributed by atoms with Crippen LogP contribution in [-0.4, -0.2) is 53.4 Å². The van der Waals surface area contributed by atoms with Crippen molar-refractivity contribution in [3.63, 3.8) is 0 Å². The molecule has 1 fully saturated rings. The van der Waals surface area contributed by atoms with Gasteiger partial charge in [0.05, 0.1) is 18.3 Å². The quantitative estimate of drug-likeness (QED) is 0.312. The fourth-order valence-corrected chi connectivity index (χ4v) is 5.51. The number of amides is 1. The molecule has 0 radical (unpaired) electrons. The van der Waals surface area contributed by atoms with Crippen molar-refractivity contribution >= 4 is 38.3 Å². The Morgan fingerprint density at radius 3 is 2.09 bits per heavy atom. The Hall–Kier alpha value is -2.84. The summed E-state index contributed by atoms with van der Waals surface area (Å²) < 4.78 is 1.03. The Labute approximate surface area is 218 Å². The van der Waals surface area contributed by atoms with E-state index in [0.29, 0.717) is 11.7 Å². The Balaban J connectivity index is 1.17. The molecule has 0 unspecified atom stereocenters. The minimum atomic E-state index is -0.0159. The van der Waals surface area contributed by atoms with Crippen LogP contribution in [-0.2, 0) is 4.79 Å². The van der Waals surface area contributed by atoms with Gasteiger partial charge in [-0.2, -0.15) is 0 Å². The van der Waals surface area contributed by atoms with E-state index in [9.17, 15) is 4.79 Å². The summed E-state index contributed by atoms with van der Waals surface area (Å²) in [5, 5.41) is 5.60. The summed E-state index contributed by atoms with van der Waals surface area (Å²) in [5.41, 5.74) is 4.51. The number of rotatable bonds is 7. The van der Waals surface area contributed by atoms with Crippen molar-refractivity contribution in [1.29, 1.82) is 0 Å². The second-order valence-corrected chi connectivity index (χ2v) is 10.4. The number of thiazole rings is 1. The second-order valence-electron chi connectivity index (χ2n) is 8.63. The van der Waals surface area contributed by atoms with Gasteiger partial charge in [0.1, 0.15) is 0 Å². The van der Waals surface area contributed by atoms with Crippen LogP contribution >= 0.6 is 27.3 Å². The zero-order valence-electron chi connectivity index (χ0n) is 19.3. The number of nitrogens with one attached hydrogen (secondary N) is 1. The van der Waals surface area contributed by atoms with Crippen LogP contribution in [0.25, 0.3) is 11.3 Å². The molecule has 35 heavy (non-hydrogen) atoms. The van der Waals surface area contributed by atoms with Crippen LogP contribution in [0.5, 0.6) is 0 Å². The summed E-state index contributed by atoms with van der Waals surface area (Å²) in [5.74, 6) is -0.0159. The first-order valence-corrected chi connectivity index (χ1v) is 13.4. The third-order valence-corrected chi connectivity index (χ3v) is 7.55. The Bertz CT molecular complexity index is 1200. The highest BCUT2D eigenvalue weighted by Crippen LogP contribution is 2.30. The van der Waals surface area contributed by atoms with Gasteiger partial charge >= 0.3 is 0 Å². The predicted molar refractivity (Wildman–Crippen MR) is 147 cm³/mol. The third-order valence-electron chi connectivity index (χ3n) is 6.26. The number of anilines is 1. The molecule has 7 heteroatoms. The molecule has 4 aromatic rings. The van der Waals surface area contributed by atoms with Gasteiger partial charge in [0.25, 0.3) is 0 Å². The standard InChI is InChI=1S/C28H27BrN4OS/c29-24-13-11-21(12-14-24)25-20-35-28(30-25)31-26(34)19-32-15-17-33(18-16-32)27(22-7-3-1-4-8-22)23-9-5-2-6-10-23/h1-14,20,27H,15-19H2,(H,30,31,34). The van der Waals surface area contributed by atoms with E-state index >= 15 is 0 Å². The number of halogens is 1. The topological polar surface area (TPSA) is 48.5 Å². The second kappa shape index (κ2) is 11.3. The highest BCUT2D eigenvalue weighted by molar-refractivity contribution is 9.10. The number of aromatic nitrogens is 1. The molecular weight excluding hydrogens is 520 g/mol. The Morgan fingerprint density at radius 1 is 0.886 bits per heavy atom. The van der Waals surface area contributed by atoms with Crippen LogP contribution in [0.1, 0.15) is 17.2 Å². The summed E-state index contributed by atoms with van der Waals surface area (Å²) in [6.45, 7) is 3.90. The van der Waals surface area contributed by atoms with Gasteiger partial charge in [-0.25, -0.2) is 4.98 Å². The molecular formula is C28H27BrN4OS. The molecule has 5 rings (SSSR count). The van der Waals surface area contributed by atoms with Crippen molar-refractivity contribution in [3.8, 4) is 11.3 Å². The minimum Gasteiger partial charge on any atom is -0.301 e. The monoisotopic (exact) mass is 546 g/mol. The van der Waals surface area contributed by atoms with E-state index in [1.165, 1.54) is 22.5 Å². The van der Waals surface area contributed by atoms with E-state index in [0.717, 1.165) is 41.9 Å². The lowest BCUT2D eigenvalue weighted by Crippen LogP contribution is -2.49. The van der Waals surface area contributed by atoms with Crippen LogP contribution in [0, 0.1) is 0 Å². The molecule has 1 N–H and O–H groups in total. The molecule has 0 saturated carbocycles. The maximum absolute atomic E-state index is 12.7. The van der Waals surface area contributed by atoms with Gasteiger partial charge in [-0.1, -0.05) is 88.7 Å². The minimum absolute atomic E-state index is 0.0159. The lowest BCUT2D eigenvalue weighted by Gasteiger charge is -2.39. The first-order chi connectivity index (χ1) is 17.2. The molecule has 0 bridgehead atoms. The molecule has 1 saturated heterocycles. The molecule has 1 aromatic heterocycles. The zero-order chi connectivity index (χ0) is 24.0. The van der Waals surface area contributed by atoms with Gasteiger partial charge in [-0.05, 0) is 23.3 Å². The molecule has 0 atom stereocenters. The van der Waals surface area contributed by atoms with Crippen molar-refractivity contribution in [2.45, 2.75) is 6.04 Å². The summed E-state index contributed by atoms with van der Waals surface area (Å²) >= 11 is 4.91. The highest BCUT2D eigenvalue weighted by atomic mass is 79.9. The van der Waals surface area contributed by atoms with Crippen molar-refractivity contribution in [1.82, 2.24) is 14.8 Å². The van der Waals surface area contributed by atoms with Gasteiger partial charge in [-0.15, -0.1) is 11.3 Å². The maximum atomic E-state index is 12.7. The molecule has 1 aliphatic rings. The predicted octanol–water partition coefficient (Wildman–Crippen LogP) is 5.92. The normalized spacial score (nSPS) is 14.8. The Morgan fingerprint density at radius 2 is 1.49 bits per heavy atom. The fraction of sp³-hybridized carbons (Fsp3) is 0.214. The average Bonchev–Trinajstić information content (AvgIpc) is 3.35. The van der Waals surface area contributed by atoms with Crippen LogP contribution in [0.15, 0.2) is 94.8 Å². The molecule has 0 aliphatic carbocycles. The SMILES string of the molecule is O=C(CN1CCN(C(c2ccccc2)c2ccccc2)CC1)Nc1nc(-c2ccc(Br)cc2)cs1. The average molecular weight is 548 g/mol. The molecule has 3 aromatic carbocycles. The van der Waals surface area contributed by atoms with Gasteiger partial charge in [0.2, 0.25) is 5.91 Å². The largest absolute Gasteiger partial charge is 0.301 e. The summed E-state index contributed by atoms with van der Waals surface area (Å²) in [7, 11) is 0. The van der Waals surface area contributed by atoms with E-state index in [1.807, 2.05) is 29.6 Å². The van der Waals surface area contributed by atoms with Gasteiger partial charge in [0, 0.05) is 41.6 Å². The molecule has 0 spiro atoms. The first kappa shape index (κ1) is 23.9. The van der Waals surface area contributed by atoms with Crippen molar-refractivity contribution < 1.29 is 4.79 Å². The third kappa shape index (κ3) is 6.05. The van der Waals surface area contributed by atoms with E-state index in [1.54, 1.807) is 0 Å². The fourth-order valence-electron chi connectivity index (χ4n) is 4.51. The lowest BCUT2D eigenvalue weighted by molar-refractivity contribution is -0.117. The summed E-state index contributed by atoms with van der Waals surface area (Å²) in [6.07, 6.45) is 0. The number of carbonyl (C=O) groups is 1. The number of hydrogen-bond acceptors (Lipinski definition) is 5. The van der Waals surface area contributed by atoms with E-state index < -0.39 is 0 Å². The highest BCUT2D eigenvalue weighted by Gasteiger charge is 2.27. The van der Waals surface area contributed by atoms with E-state index in [-0.39, 0.29) is 11.9 Å². The number of benzene rings is 3. The molecule has 1 amide bonds. The van der Waals surface area contributed by atoms with Gasteiger partial charge in [0.15, 0.2) is 5.13 Å². The number of hydrogen-bond donors (Lipinski definition) is 1. The van der Waals surface area contributed by atoms with E-state index in [2.05, 4.69) is 96.7 Å². The van der Waals surface area contributed by atoms with Gasteiger partial charge < -0.3 is 5.32 Å². The molecule has 2 heterocycles. The van der Waals surface area contributed by atoms with Gasteiger partial charge in [-0.3, -0.25) is 14.6 Å². The molecule has 1 aliphatic heterocycles. The summed E-state index contributed by atoms with van der Waals surface area (Å²) in [6, 6.07) is 29.6. The maximum Gasteiger partial charge on any atom is 0.240 e. The Kier molecular flexibility index (Phi) is 7.69. The number of carbonyl (C=O) groups excluding carboxylic acids is 1. The summed E-state index contributed by atoms with van der Waals surface area (Å²) in [4.78, 5) is 22.1. The van der Waals surface area contributed by atoms with E-state index in [4.69, 9.17) is 0 Å². The zero-order valence-corrected chi connectivity index (χ0v) is 21.7.